The van der Waals surface area contributed by atoms with Crippen LogP contribution in [0.3, 0.4) is 0 Å². The number of allylic oxidation sites excluding steroid dienone is 10. The second-order valence-corrected chi connectivity index (χ2v) is 12.2. The molecule has 45 heavy (non-hydrogen) atoms. The lowest BCUT2D eigenvalue weighted by molar-refractivity contribution is -0.132. The van der Waals surface area contributed by atoms with Gasteiger partial charge < -0.3 is 25.7 Å². The molecule has 0 aliphatic carbocycles. The molecule has 1 amide bonds. The number of amides is 1. The molecule has 0 aromatic carbocycles. The Morgan fingerprint density at radius 3 is 1.64 bits per heavy atom. The predicted octanol–water partition coefficient (Wildman–Crippen LogP) is 8.56. The molecule has 5 N–H and O–H groups in total. The zero-order valence-electron chi connectivity index (χ0n) is 28.8. The van der Waals surface area contributed by atoms with Gasteiger partial charge in [-0.1, -0.05) is 120 Å². The Morgan fingerprint density at radius 2 is 1.07 bits per heavy atom. The highest BCUT2D eigenvalue weighted by molar-refractivity contribution is 5.80. The molecule has 0 aromatic rings. The quantitative estimate of drug-likeness (QED) is 0.0389. The normalized spacial score (nSPS) is 15.2. The summed E-state index contributed by atoms with van der Waals surface area (Å²) in [4.78, 5) is 12.4. The van der Waals surface area contributed by atoms with Crippen LogP contribution in [0.4, 0.5) is 0 Å². The van der Waals surface area contributed by atoms with E-state index >= 15 is 0 Å². The van der Waals surface area contributed by atoms with Gasteiger partial charge in [-0.25, -0.2) is 0 Å². The largest absolute Gasteiger partial charge is 0.394 e. The van der Waals surface area contributed by atoms with Crippen molar-refractivity contribution in [3.63, 3.8) is 0 Å². The van der Waals surface area contributed by atoms with Crippen molar-refractivity contribution in [2.75, 3.05) is 6.61 Å². The summed E-state index contributed by atoms with van der Waals surface area (Å²) >= 11 is 0. The van der Waals surface area contributed by atoms with E-state index < -0.39 is 36.9 Å². The summed E-state index contributed by atoms with van der Waals surface area (Å²) in [6, 6.07) is -1.02. The third-order valence-electron chi connectivity index (χ3n) is 7.92. The Hall–Kier alpha value is -1.99. The number of hydrogen-bond donors (Lipinski definition) is 5. The molecule has 0 radical (unpaired) electrons. The third kappa shape index (κ3) is 28.0. The summed E-state index contributed by atoms with van der Waals surface area (Å²) in [5, 5.41) is 43.3. The first-order valence-electron chi connectivity index (χ1n) is 18.2. The van der Waals surface area contributed by atoms with Gasteiger partial charge in [0, 0.05) is 0 Å². The van der Waals surface area contributed by atoms with Crippen LogP contribution in [0.15, 0.2) is 60.8 Å². The minimum atomic E-state index is -1.30. The minimum absolute atomic E-state index is 0.343. The zero-order valence-corrected chi connectivity index (χ0v) is 28.8. The molecule has 0 fully saturated rings. The van der Waals surface area contributed by atoms with Crippen LogP contribution in [-0.4, -0.2) is 57.3 Å². The van der Waals surface area contributed by atoms with Crippen molar-refractivity contribution in [3.05, 3.63) is 60.8 Å². The van der Waals surface area contributed by atoms with Crippen LogP contribution in [0.1, 0.15) is 149 Å². The van der Waals surface area contributed by atoms with Crippen molar-refractivity contribution in [1.82, 2.24) is 5.32 Å². The van der Waals surface area contributed by atoms with E-state index in [4.69, 9.17) is 0 Å². The highest BCUT2D eigenvalue weighted by atomic mass is 16.3. The molecule has 0 saturated heterocycles. The first-order chi connectivity index (χ1) is 22.0. The lowest BCUT2D eigenvalue weighted by atomic mass is 10.00. The van der Waals surface area contributed by atoms with Gasteiger partial charge in [0.1, 0.15) is 12.2 Å². The zero-order chi connectivity index (χ0) is 33.2. The lowest BCUT2D eigenvalue weighted by Gasteiger charge is -2.27. The van der Waals surface area contributed by atoms with Gasteiger partial charge in [0.2, 0.25) is 5.91 Å². The molecule has 4 atom stereocenters. The van der Waals surface area contributed by atoms with Gasteiger partial charge in [0.05, 0.1) is 18.8 Å². The van der Waals surface area contributed by atoms with Crippen molar-refractivity contribution in [2.45, 2.75) is 173 Å². The van der Waals surface area contributed by atoms with E-state index in [1.807, 2.05) is 0 Å². The van der Waals surface area contributed by atoms with Crippen molar-refractivity contribution in [1.29, 1.82) is 0 Å². The van der Waals surface area contributed by atoms with Crippen LogP contribution in [0.25, 0.3) is 0 Å². The van der Waals surface area contributed by atoms with E-state index in [1.54, 1.807) is 0 Å². The van der Waals surface area contributed by atoms with E-state index in [-0.39, 0.29) is 0 Å². The molecular formula is C39H69NO5. The fourth-order valence-electron chi connectivity index (χ4n) is 5.00. The van der Waals surface area contributed by atoms with Crippen LogP contribution in [-0.2, 0) is 4.79 Å². The minimum Gasteiger partial charge on any atom is -0.394 e. The second kappa shape index (κ2) is 33.4. The highest BCUT2D eigenvalue weighted by Gasteiger charge is 2.28. The molecule has 0 rings (SSSR count). The average molecular weight is 632 g/mol. The Morgan fingerprint density at radius 1 is 0.578 bits per heavy atom. The van der Waals surface area contributed by atoms with Crippen LogP contribution < -0.4 is 5.32 Å². The fourth-order valence-corrected chi connectivity index (χ4v) is 5.00. The average Bonchev–Trinajstić information content (AvgIpc) is 3.04. The van der Waals surface area contributed by atoms with Gasteiger partial charge in [-0.05, 0) is 89.9 Å². The smallest absolute Gasteiger partial charge is 0.249 e. The summed E-state index contributed by atoms with van der Waals surface area (Å²) in [5.74, 6) is -0.614. The molecule has 0 saturated carbocycles. The summed E-state index contributed by atoms with van der Waals surface area (Å²) in [6.45, 7) is 3.86. The molecule has 0 bridgehead atoms. The standard InChI is InChI=1S/C39H69NO5/c1-3-5-7-9-11-13-15-17-18-19-21-23-25-27-29-31-33-37(43)39(45)40-35(34-41)38(44)36(42)32-30-28-26-24-22-20-16-14-12-10-8-6-4-2/h6,8,11,13-14,16-18,24,26,35-38,41-44H,3-5,7,9-10,12,15,19-23,25,27-34H2,1-2H3,(H,40,45)/b8-6+,13-11-,16-14+,18-17-,26-24+. The van der Waals surface area contributed by atoms with Crippen molar-refractivity contribution in [2.24, 2.45) is 0 Å². The Bertz CT molecular complexity index is 803. The number of aliphatic hydroxyl groups excluding tert-OH is 4. The maximum absolute atomic E-state index is 12.4. The van der Waals surface area contributed by atoms with Crippen LogP contribution in [0.5, 0.6) is 0 Å². The first-order valence-corrected chi connectivity index (χ1v) is 18.2. The number of rotatable bonds is 31. The van der Waals surface area contributed by atoms with Gasteiger partial charge in [0.15, 0.2) is 0 Å². The molecule has 6 nitrogen and oxygen atoms in total. The predicted molar refractivity (Wildman–Crippen MR) is 191 cm³/mol. The Kier molecular flexibility index (Phi) is 31.9. The van der Waals surface area contributed by atoms with E-state index in [1.165, 1.54) is 38.5 Å². The Labute approximate surface area is 276 Å². The number of aliphatic hydroxyl groups is 4. The molecular weight excluding hydrogens is 562 g/mol. The number of carbonyl (C=O) groups is 1. The topological polar surface area (TPSA) is 110 Å². The third-order valence-corrected chi connectivity index (χ3v) is 7.92. The van der Waals surface area contributed by atoms with Crippen LogP contribution >= 0.6 is 0 Å². The maximum atomic E-state index is 12.4. The van der Waals surface area contributed by atoms with Gasteiger partial charge in [-0.3, -0.25) is 4.79 Å². The summed E-state index contributed by atoms with van der Waals surface area (Å²) in [5.41, 5.74) is 0. The van der Waals surface area contributed by atoms with Gasteiger partial charge >= 0.3 is 0 Å². The van der Waals surface area contributed by atoms with Crippen LogP contribution in [0.2, 0.25) is 0 Å². The SMILES string of the molecule is CC/C=C/CC/C=C/CC/C=C/CCCC(O)C(O)C(CO)NC(=O)C(O)CCCCCCCC/C=C\C/C=C\CCCCC. The highest BCUT2D eigenvalue weighted by Crippen LogP contribution is 2.13. The van der Waals surface area contributed by atoms with Gasteiger partial charge in [-0.15, -0.1) is 0 Å². The van der Waals surface area contributed by atoms with E-state index in [0.717, 1.165) is 77.0 Å². The molecule has 0 aromatic heterocycles. The van der Waals surface area contributed by atoms with Gasteiger partial charge in [-0.2, -0.15) is 0 Å². The van der Waals surface area contributed by atoms with Crippen molar-refractivity contribution < 1.29 is 25.2 Å². The van der Waals surface area contributed by atoms with E-state index in [2.05, 4.69) is 79.9 Å². The number of unbranched alkanes of at least 4 members (excludes halogenated alkanes) is 12. The number of nitrogens with one attached hydrogen (secondary N) is 1. The Balaban J connectivity index is 3.94. The molecule has 0 aliphatic heterocycles. The summed E-state index contributed by atoms with van der Waals surface area (Å²) in [7, 11) is 0. The molecule has 6 heteroatoms. The first kappa shape index (κ1) is 43.0. The molecule has 260 valence electrons. The lowest BCUT2D eigenvalue weighted by Crippen LogP contribution is -2.53. The number of hydrogen-bond acceptors (Lipinski definition) is 5. The number of carbonyl (C=O) groups excluding carboxylic acids is 1. The molecule has 4 unspecified atom stereocenters. The molecule has 0 spiro atoms. The fraction of sp³-hybridized carbons (Fsp3) is 0.718. The van der Waals surface area contributed by atoms with E-state index in [0.29, 0.717) is 19.3 Å². The van der Waals surface area contributed by atoms with Crippen molar-refractivity contribution in [3.8, 4) is 0 Å². The van der Waals surface area contributed by atoms with E-state index in [9.17, 15) is 25.2 Å². The van der Waals surface area contributed by atoms with Crippen LogP contribution in [0, 0.1) is 0 Å². The monoisotopic (exact) mass is 632 g/mol. The van der Waals surface area contributed by atoms with Gasteiger partial charge in [0.25, 0.3) is 0 Å². The molecule has 0 heterocycles. The summed E-state index contributed by atoms with van der Waals surface area (Å²) in [6.07, 6.45) is 39.5. The summed E-state index contributed by atoms with van der Waals surface area (Å²) < 4.78 is 0. The van der Waals surface area contributed by atoms with Crippen molar-refractivity contribution >= 4 is 5.91 Å². The second-order valence-electron chi connectivity index (χ2n) is 12.2. The molecule has 0 aliphatic rings. The maximum Gasteiger partial charge on any atom is 0.249 e.